The van der Waals surface area contributed by atoms with Gasteiger partial charge in [-0.15, -0.1) is 0 Å². The molecule has 2 fully saturated rings. The number of hydrogen-bond acceptors (Lipinski definition) is 5. The van der Waals surface area contributed by atoms with Gasteiger partial charge in [0.2, 0.25) is 0 Å². The zero-order chi connectivity index (χ0) is 23.9. The van der Waals surface area contributed by atoms with Gasteiger partial charge in [0.05, 0.1) is 10.6 Å². The Bertz CT molecular complexity index is 1360. The molecule has 180 valence electrons. The van der Waals surface area contributed by atoms with E-state index in [1.165, 1.54) is 32.1 Å². The van der Waals surface area contributed by atoms with Gasteiger partial charge in [-0.1, -0.05) is 72.8 Å². The molecule has 0 N–H and O–H groups in total. The molecule has 1 saturated heterocycles. The van der Waals surface area contributed by atoms with Crippen molar-refractivity contribution in [3.05, 3.63) is 64.4 Å². The van der Waals surface area contributed by atoms with E-state index in [0.717, 1.165) is 35.5 Å². The molecule has 0 radical (unpaired) electrons. The van der Waals surface area contributed by atoms with Crippen LogP contribution < -0.4 is 4.74 Å². The van der Waals surface area contributed by atoms with E-state index < -0.39 is 0 Å². The second-order valence-corrected chi connectivity index (χ2v) is 10.3. The van der Waals surface area contributed by atoms with Crippen LogP contribution in [0.25, 0.3) is 28.0 Å². The molecule has 1 saturated carbocycles. The summed E-state index contributed by atoms with van der Waals surface area (Å²) in [5, 5.41) is 6.18. The predicted octanol–water partition coefficient (Wildman–Crippen LogP) is 6.47. The number of nitrogens with zero attached hydrogens (tertiary/aromatic N) is 5. The molecule has 0 amide bonds. The fourth-order valence-corrected chi connectivity index (χ4v) is 5.61. The summed E-state index contributed by atoms with van der Waals surface area (Å²) < 4.78 is 8.03. The van der Waals surface area contributed by atoms with Gasteiger partial charge in [0, 0.05) is 29.7 Å². The maximum absolute atomic E-state index is 6.58. The molecule has 0 unspecified atom stereocenters. The quantitative estimate of drug-likeness (QED) is 0.309. The number of ether oxygens (including phenoxy) is 1. The molecule has 8 heteroatoms. The lowest BCUT2D eigenvalue weighted by Gasteiger charge is -2.44. The van der Waals surface area contributed by atoms with Gasteiger partial charge in [-0.25, -0.2) is 0 Å². The highest BCUT2D eigenvalue weighted by atomic mass is 35.5. The Morgan fingerprint density at radius 2 is 1.66 bits per heavy atom. The Kier molecular flexibility index (Phi) is 6.13. The zero-order valence-electron chi connectivity index (χ0n) is 19.6. The van der Waals surface area contributed by atoms with E-state index in [0.29, 0.717) is 33.6 Å². The Morgan fingerprint density at radius 1 is 0.914 bits per heavy atom. The van der Waals surface area contributed by atoms with Crippen molar-refractivity contribution in [2.45, 2.75) is 51.2 Å². The molecule has 0 bridgehead atoms. The van der Waals surface area contributed by atoms with E-state index in [2.05, 4.69) is 9.88 Å². The average Bonchev–Trinajstić information content (AvgIpc) is 3.22. The Hall–Kier alpha value is -2.67. The van der Waals surface area contributed by atoms with Gasteiger partial charge in [-0.2, -0.15) is 19.6 Å². The van der Waals surface area contributed by atoms with Crippen molar-refractivity contribution >= 4 is 28.8 Å². The second kappa shape index (κ2) is 9.41. The van der Waals surface area contributed by atoms with E-state index in [-0.39, 0.29) is 6.10 Å². The lowest BCUT2D eigenvalue weighted by molar-refractivity contribution is -0.0230. The summed E-state index contributed by atoms with van der Waals surface area (Å²) in [5.41, 5.74) is 4.11. The maximum atomic E-state index is 6.58. The Balaban J connectivity index is 1.37. The van der Waals surface area contributed by atoms with E-state index in [1.807, 2.05) is 55.5 Å². The Labute approximate surface area is 214 Å². The fraction of sp³-hybridized carbons (Fsp3) is 0.370. The molecule has 0 spiro atoms. The summed E-state index contributed by atoms with van der Waals surface area (Å²) in [4.78, 5) is 12.0. The van der Waals surface area contributed by atoms with Crippen molar-refractivity contribution in [2.24, 2.45) is 0 Å². The van der Waals surface area contributed by atoms with Crippen LogP contribution in [0.2, 0.25) is 10.0 Å². The zero-order valence-corrected chi connectivity index (χ0v) is 21.1. The van der Waals surface area contributed by atoms with Gasteiger partial charge >= 0.3 is 6.01 Å². The van der Waals surface area contributed by atoms with Gasteiger partial charge in [0.25, 0.3) is 0 Å². The van der Waals surface area contributed by atoms with Crippen LogP contribution in [0.15, 0.2) is 48.5 Å². The van der Waals surface area contributed by atoms with Crippen molar-refractivity contribution in [2.75, 3.05) is 13.1 Å². The molecular weight excluding hydrogens is 481 g/mol. The number of aryl methyl sites for hydroxylation is 1. The highest BCUT2D eigenvalue weighted by molar-refractivity contribution is 6.33. The molecule has 6 nitrogen and oxygen atoms in total. The van der Waals surface area contributed by atoms with Crippen LogP contribution in [0, 0.1) is 6.92 Å². The van der Waals surface area contributed by atoms with Crippen LogP contribution in [0.5, 0.6) is 6.01 Å². The van der Waals surface area contributed by atoms with Gasteiger partial charge in [0.1, 0.15) is 17.6 Å². The third kappa shape index (κ3) is 4.39. The number of halogens is 2. The summed E-state index contributed by atoms with van der Waals surface area (Å²) in [6.07, 6.45) is 6.78. The number of benzene rings is 2. The van der Waals surface area contributed by atoms with Crippen molar-refractivity contribution < 1.29 is 4.74 Å². The molecule has 0 atom stereocenters. The van der Waals surface area contributed by atoms with Crippen LogP contribution in [-0.2, 0) is 0 Å². The molecule has 2 aliphatic rings. The second-order valence-electron chi connectivity index (χ2n) is 9.48. The maximum Gasteiger partial charge on any atom is 0.320 e. The number of fused-ring (bicyclic) bond motifs is 1. The van der Waals surface area contributed by atoms with Crippen LogP contribution in [0.4, 0.5) is 0 Å². The summed E-state index contributed by atoms with van der Waals surface area (Å²) in [5.74, 6) is 0.710. The molecule has 4 aromatic rings. The van der Waals surface area contributed by atoms with E-state index in [4.69, 9.17) is 38.0 Å². The van der Waals surface area contributed by atoms with E-state index >= 15 is 0 Å². The normalized spacial score (nSPS) is 17.6. The highest BCUT2D eigenvalue weighted by Gasteiger charge is 2.35. The van der Waals surface area contributed by atoms with Crippen molar-refractivity contribution in [1.82, 2.24) is 24.5 Å². The van der Waals surface area contributed by atoms with E-state index in [9.17, 15) is 0 Å². The first kappa shape index (κ1) is 22.8. The topological polar surface area (TPSA) is 55.5 Å². The van der Waals surface area contributed by atoms with Crippen LogP contribution >= 0.6 is 23.2 Å². The van der Waals surface area contributed by atoms with Crippen LogP contribution in [-0.4, -0.2) is 49.7 Å². The fourth-order valence-electron chi connectivity index (χ4n) is 5.25. The number of rotatable bonds is 5. The molecule has 1 aliphatic heterocycles. The van der Waals surface area contributed by atoms with Gasteiger partial charge in [-0.05, 0) is 43.5 Å². The summed E-state index contributed by atoms with van der Waals surface area (Å²) in [6, 6.07) is 16.5. The van der Waals surface area contributed by atoms with Gasteiger partial charge < -0.3 is 4.74 Å². The summed E-state index contributed by atoms with van der Waals surface area (Å²) in [7, 11) is 0. The minimum atomic E-state index is 0.115. The van der Waals surface area contributed by atoms with Crippen molar-refractivity contribution in [3.63, 3.8) is 0 Å². The molecule has 1 aliphatic carbocycles. The average molecular weight is 508 g/mol. The predicted molar refractivity (Wildman–Crippen MR) is 139 cm³/mol. The number of aromatic nitrogens is 4. The number of hydrogen-bond donors (Lipinski definition) is 0. The molecule has 35 heavy (non-hydrogen) atoms. The first-order valence-electron chi connectivity index (χ1n) is 12.3. The van der Waals surface area contributed by atoms with Crippen molar-refractivity contribution in [3.8, 4) is 28.4 Å². The third-order valence-electron chi connectivity index (χ3n) is 7.13. The standard InChI is InChI=1S/C27H27Cl2N5O/c1-17-30-27(35-21-15-33(16-21)20-7-3-2-4-8-20)31-26-24(18-11-13-19(28)14-12-18)25(32-34(17)26)22-9-5-6-10-23(22)29/h5-6,9-14,20-21H,2-4,7-8,15-16H2,1H3. The number of likely N-dealkylation sites (tertiary alicyclic amines) is 1. The molecular formula is C27H27Cl2N5O. The largest absolute Gasteiger partial charge is 0.457 e. The van der Waals surface area contributed by atoms with Crippen molar-refractivity contribution in [1.29, 1.82) is 0 Å². The molecule has 2 aromatic carbocycles. The minimum absolute atomic E-state index is 0.115. The Morgan fingerprint density at radius 3 is 2.40 bits per heavy atom. The van der Waals surface area contributed by atoms with Gasteiger partial charge in [0.15, 0.2) is 5.65 Å². The summed E-state index contributed by atoms with van der Waals surface area (Å²) in [6.45, 7) is 3.80. The van der Waals surface area contributed by atoms with E-state index in [1.54, 1.807) is 4.52 Å². The van der Waals surface area contributed by atoms with Crippen LogP contribution in [0.3, 0.4) is 0 Å². The lowest BCUT2D eigenvalue weighted by Crippen LogP contribution is -2.58. The lowest BCUT2D eigenvalue weighted by atomic mass is 9.92. The monoisotopic (exact) mass is 507 g/mol. The SMILES string of the molecule is Cc1nc(OC2CN(C3CCCCC3)C2)nc2c(-c3ccc(Cl)cc3)c(-c3ccccc3Cl)nn12. The smallest absolute Gasteiger partial charge is 0.320 e. The summed E-state index contributed by atoms with van der Waals surface area (Å²) >= 11 is 12.8. The highest BCUT2D eigenvalue weighted by Crippen LogP contribution is 2.38. The molecule has 6 rings (SSSR count). The molecule has 3 heterocycles. The first-order chi connectivity index (χ1) is 17.1. The van der Waals surface area contributed by atoms with Crippen LogP contribution in [0.1, 0.15) is 37.9 Å². The first-order valence-corrected chi connectivity index (χ1v) is 13.0. The van der Waals surface area contributed by atoms with Gasteiger partial charge in [-0.3, -0.25) is 4.90 Å². The third-order valence-corrected chi connectivity index (χ3v) is 7.71. The minimum Gasteiger partial charge on any atom is -0.457 e. The molecule has 2 aromatic heterocycles.